The highest BCUT2D eigenvalue weighted by atomic mass is 79.9. The molecule has 1 fully saturated rings. The third-order valence-corrected chi connectivity index (χ3v) is 6.03. The first-order valence-electron chi connectivity index (χ1n) is 8.37. The highest BCUT2D eigenvalue weighted by Crippen LogP contribution is 2.36. The zero-order valence-electron chi connectivity index (χ0n) is 14.3. The van der Waals surface area contributed by atoms with Crippen molar-refractivity contribution in [3.8, 4) is 11.6 Å². The molecule has 1 aliphatic rings. The monoisotopic (exact) mass is 418 g/mol. The van der Waals surface area contributed by atoms with Crippen LogP contribution in [0.25, 0.3) is 10.2 Å². The number of fused-ring (bicyclic) bond motifs is 1. The first-order chi connectivity index (χ1) is 12.1. The van der Waals surface area contributed by atoms with Gasteiger partial charge in [0.25, 0.3) is 0 Å². The summed E-state index contributed by atoms with van der Waals surface area (Å²) in [7, 11) is 0. The van der Waals surface area contributed by atoms with Gasteiger partial charge in [-0.05, 0) is 67.3 Å². The summed E-state index contributed by atoms with van der Waals surface area (Å²) in [6, 6.07) is 1.90. The fraction of sp³-hybridized carbons (Fsp3) is 0.389. The summed E-state index contributed by atoms with van der Waals surface area (Å²) in [4.78, 5) is 18.4. The average molecular weight is 419 g/mol. The second-order valence-electron chi connectivity index (χ2n) is 6.33. The highest BCUT2D eigenvalue weighted by Gasteiger charge is 2.19. The van der Waals surface area contributed by atoms with Crippen molar-refractivity contribution in [2.75, 3.05) is 13.1 Å². The smallest absolute Gasteiger partial charge is 0.231 e. The van der Waals surface area contributed by atoms with Gasteiger partial charge < -0.3 is 4.74 Å². The van der Waals surface area contributed by atoms with Crippen LogP contribution in [-0.2, 0) is 6.54 Å². The molecule has 0 atom stereocenters. The minimum atomic E-state index is 0.626. The molecule has 3 aromatic rings. The predicted molar refractivity (Wildman–Crippen MR) is 103 cm³/mol. The number of rotatable bonds is 4. The van der Waals surface area contributed by atoms with Gasteiger partial charge in [-0.2, -0.15) is 4.98 Å². The van der Waals surface area contributed by atoms with E-state index in [2.05, 4.69) is 39.7 Å². The molecule has 0 radical (unpaired) electrons. The zero-order chi connectivity index (χ0) is 17.4. The topological polar surface area (TPSA) is 51.1 Å². The van der Waals surface area contributed by atoms with Gasteiger partial charge in [0.1, 0.15) is 16.4 Å². The molecule has 4 heterocycles. The number of aromatic nitrogens is 3. The van der Waals surface area contributed by atoms with Gasteiger partial charge in [-0.3, -0.25) is 9.88 Å². The number of nitrogens with zero attached hydrogens (tertiary/aromatic N) is 4. The number of hydrogen-bond acceptors (Lipinski definition) is 6. The number of ether oxygens (including phenoxy) is 1. The molecule has 1 saturated heterocycles. The molecule has 0 bridgehead atoms. The van der Waals surface area contributed by atoms with Crippen molar-refractivity contribution in [2.24, 2.45) is 0 Å². The van der Waals surface area contributed by atoms with E-state index in [0.717, 1.165) is 40.1 Å². The van der Waals surface area contributed by atoms with Crippen molar-refractivity contribution in [1.82, 2.24) is 19.9 Å². The molecular formula is C18H19BrN4OS. The molecule has 3 aromatic heterocycles. The second kappa shape index (κ2) is 6.97. The Morgan fingerprint density at radius 1 is 1.20 bits per heavy atom. The Kier molecular flexibility index (Phi) is 4.71. The van der Waals surface area contributed by atoms with Crippen molar-refractivity contribution in [3.05, 3.63) is 39.2 Å². The third kappa shape index (κ3) is 3.54. The van der Waals surface area contributed by atoms with Crippen molar-refractivity contribution in [1.29, 1.82) is 0 Å². The van der Waals surface area contributed by atoms with Crippen LogP contribution in [0.1, 0.15) is 29.1 Å². The van der Waals surface area contributed by atoms with Crippen LogP contribution < -0.4 is 4.74 Å². The molecule has 0 aromatic carbocycles. The molecule has 5 nitrogen and oxygen atoms in total. The number of likely N-dealkylation sites (tertiary alicyclic amines) is 1. The van der Waals surface area contributed by atoms with E-state index in [1.165, 1.54) is 23.3 Å². The van der Waals surface area contributed by atoms with Gasteiger partial charge in [0.15, 0.2) is 0 Å². The van der Waals surface area contributed by atoms with E-state index in [4.69, 9.17) is 14.7 Å². The van der Waals surface area contributed by atoms with Gasteiger partial charge in [0, 0.05) is 15.5 Å². The molecular weight excluding hydrogens is 400 g/mol. The molecule has 4 rings (SSSR count). The van der Waals surface area contributed by atoms with Crippen LogP contribution in [0.4, 0.5) is 0 Å². The van der Waals surface area contributed by atoms with E-state index >= 15 is 0 Å². The second-order valence-corrected chi connectivity index (χ2v) is 8.45. The minimum Gasteiger partial charge on any atom is -0.437 e. The van der Waals surface area contributed by atoms with Gasteiger partial charge in [-0.25, -0.2) is 4.98 Å². The Bertz CT molecular complexity index is 921. The number of aryl methyl sites for hydroxylation is 2. The Morgan fingerprint density at radius 3 is 2.76 bits per heavy atom. The van der Waals surface area contributed by atoms with Crippen LogP contribution in [-0.4, -0.2) is 32.9 Å². The van der Waals surface area contributed by atoms with E-state index in [1.54, 1.807) is 23.7 Å². The zero-order valence-corrected chi connectivity index (χ0v) is 16.7. The standard InChI is InChI=1S/C18H19BrN4OS/c1-11-12(2)25-18-16(11)17(24-14-7-13(19)8-20-9-14)21-15(22-18)10-23-5-3-4-6-23/h7-9H,3-6,10H2,1-2H3. The molecule has 0 spiro atoms. The first kappa shape index (κ1) is 16.9. The van der Waals surface area contributed by atoms with E-state index in [-0.39, 0.29) is 0 Å². The number of pyridine rings is 1. The van der Waals surface area contributed by atoms with Gasteiger partial charge in [-0.15, -0.1) is 11.3 Å². The Hall–Kier alpha value is -1.57. The molecule has 1 aliphatic heterocycles. The molecule has 0 unspecified atom stereocenters. The fourth-order valence-electron chi connectivity index (χ4n) is 3.10. The SMILES string of the molecule is Cc1sc2nc(CN3CCCC3)nc(Oc3cncc(Br)c3)c2c1C. The van der Waals surface area contributed by atoms with Crippen molar-refractivity contribution >= 4 is 37.5 Å². The Balaban J connectivity index is 1.76. The van der Waals surface area contributed by atoms with Crippen LogP contribution in [0.2, 0.25) is 0 Å². The predicted octanol–water partition coefficient (Wildman–Crippen LogP) is 4.85. The van der Waals surface area contributed by atoms with Crippen LogP contribution in [0, 0.1) is 13.8 Å². The summed E-state index contributed by atoms with van der Waals surface area (Å²) in [6.45, 7) is 7.24. The summed E-state index contributed by atoms with van der Waals surface area (Å²) >= 11 is 5.14. The maximum absolute atomic E-state index is 6.12. The van der Waals surface area contributed by atoms with Crippen LogP contribution in [0.15, 0.2) is 22.9 Å². The van der Waals surface area contributed by atoms with Gasteiger partial charge in [0.2, 0.25) is 5.88 Å². The number of thiophene rings is 1. The molecule has 0 saturated carbocycles. The van der Waals surface area contributed by atoms with Gasteiger partial charge in [0.05, 0.1) is 18.1 Å². The van der Waals surface area contributed by atoms with Gasteiger partial charge >= 0.3 is 0 Å². The van der Waals surface area contributed by atoms with Crippen LogP contribution in [0.3, 0.4) is 0 Å². The van der Waals surface area contributed by atoms with Crippen molar-refractivity contribution in [2.45, 2.75) is 33.2 Å². The summed E-state index contributed by atoms with van der Waals surface area (Å²) in [5, 5.41) is 1.01. The Labute approximate surface area is 159 Å². The average Bonchev–Trinajstić information content (AvgIpc) is 3.16. The first-order valence-corrected chi connectivity index (χ1v) is 9.98. The summed E-state index contributed by atoms with van der Waals surface area (Å²) in [5.74, 6) is 2.12. The largest absolute Gasteiger partial charge is 0.437 e. The molecule has 25 heavy (non-hydrogen) atoms. The quantitative estimate of drug-likeness (QED) is 0.605. The lowest BCUT2D eigenvalue weighted by atomic mass is 10.2. The fourth-order valence-corrected chi connectivity index (χ4v) is 4.48. The lowest BCUT2D eigenvalue weighted by Crippen LogP contribution is -2.20. The van der Waals surface area contributed by atoms with E-state index < -0.39 is 0 Å². The summed E-state index contributed by atoms with van der Waals surface area (Å²) in [5.41, 5.74) is 1.19. The normalized spacial score (nSPS) is 15.2. The number of halogens is 1. The van der Waals surface area contributed by atoms with E-state index in [0.29, 0.717) is 11.6 Å². The number of hydrogen-bond donors (Lipinski definition) is 0. The van der Waals surface area contributed by atoms with Gasteiger partial charge in [-0.1, -0.05) is 0 Å². The highest BCUT2D eigenvalue weighted by molar-refractivity contribution is 9.10. The maximum Gasteiger partial charge on any atom is 0.231 e. The Morgan fingerprint density at radius 2 is 2.00 bits per heavy atom. The van der Waals surface area contributed by atoms with Crippen molar-refractivity contribution in [3.63, 3.8) is 0 Å². The molecule has 0 N–H and O–H groups in total. The molecule has 130 valence electrons. The molecule has 0 aliphatic carbocycles. The van der Waals surface area contributed by atoms with E-state index in [9.17, 15) is 0 Å². The molecule has 0 amide bonds. The minimum absolute atomic E-state index is 0.626. The summed E-state index contributed by atoms with van der Waals surface area (Å²) < 4.78 is 7.00. The van der Waals surface area contributed by atoms with Crippen LogP contribution in [0.5, 0.6) is 11.6 Å². The third-order valence-electron chi connectivity index (χ3n) is 4.50. The van der Waals surface area contributed by atoms with Crippen molar-refractivity contribution < 1.29 is 4.74 Å². The summed E-state index contributed by atoms with van der Waals surface area (Å²) in [6.07, 6.45) is 5.95. The maximum atomic E-state index is 6.12. The van der Waals surface area contributed by atoms with Crippen LogP contribution >= 0.6 is 27.3 Å². The lowest BCUT2D eigenvalue weighted by molar-refractivity contribution is 0.321. The van der Waals surface area contributed by atoms with E-state index in [1.807, 2.05) is 6.07 Å². The lowest BCUT2D eigenvalue weighted by Gasteiger charge is -2.14. The molecule has 7 heteroatoms.